The molecule has 0 aliphatic carbocycles. The molecule has 3 amide bonds. The number of nitrogens with zero attached hydrogens (tertiary/aromatic N) is 2. The Kier molecular flexibility index (Phi) is 8.06. The molecule has 0 aliphatic rings. The molecule has 0 saturated heterocycles. The van der Waals surface area contributed by atoms with Crippen molar-refractivity contribution in [3.8, 4) is 0 Å². The number of thiophene rings is 1. The van der Waals surface area contributed by atoms with Crippen molar-refractivity contribution in [2.24, 2.45) is 0 Å². The summed E-state index contributed by atoms with van der Waals surface area (Å²) in [5.41, 5.74) is 3.97. The van der Waals surface area contributed by atoms with E-state index in [1.807, 2.05) is 98.6 Å². The first kappa shape index (κ1) is 23.5. The second-order valence-corrected chi connectivity index (χ2v) is 9.25. The molecule has 0 saturated carbocycles. The highest BCUT2D eigenvalue weighted by Crippen LogP contribution is 2.20. The fourth-order valence-corrected chi connectivity index (χ4v) is 4.15. The molecule has 0 atom stereocenters. The molecule has 3 aromatic rings. The van der Waals surface area contributed by atoms with E-state index in [9.17, 15) is 9.59 Å². The normalized spacial score (nSPS) is 10.8. The third-order valence-corrected chi connectivity index (χ3v) is 6.39. The van der Waals surface area contributed by atoms with Crippen LogP contribution in [0.2, 0.25) is 0 Å². The highest BCUT2D eigenvalue weighted by molar-refractivity contribution is 7.09. The highest BCUT2D eigenvalue weighted by Gasteiger charge is 2.24. The molecule has 0 radical (unpaired) electrons. The smallest absolute Gasteiger partial charge is 0.322 e. The van der Waals surface area contributed by atoms with E-state index in [1.165, 1.54) is 0 Å². The van der Waals surface area contributed by atoms with Crippen molar-refractivity contribution in [2.75, 3.05) is 11.9 Å². The van der Waals surface area contributed by atoms with E-state index in [1.54, 1.807) is 16.2 Å². The molecule has 168 valence electrons. The minimum atomic E-state index is -0.266. The number of urea groups is 1. The van der Waals surface area contributed by atoms with E-state index in [0.29, 0.717) is 13.1 Å². The Hall–Kier alpha value is -3.12. The van der Waals surface area contributed by atoms with Gasteiger partial charge in [0.15, 0.2) is 0 Å². The van der Waals surface area contributed by atoms with Gasteiger partial charge in [-0.3, -0.25) is 4.79 Å². The second-order valence-electron chi connectivity index (χ2n) is 8.21. The molecule has 0 aliphatic heterocycles. The van der Waals surface area contributed by atoms with Crippen LogP contribution in [-0.4, -0.2) is 34.3 Å². The van der Waals surface area contributed by atoms with E-state index in [2.05, 4.69) is 5.32 Å². The van der Waals surface area contributed by atoms with Crippen molar-refractivity contribution < 1.29 is 9.59 Å². The van der Waals surface area contributed by atoms with Crippen LogP contribution in [0.25, 0.3) is 0 Å². The largest absolute Gasteiger partial charge is 0.332 e. The van der Waals surface area contributed by atoms with Gasteiger partial charge in [-0.1, -0.05) is 48.5 Å². The van der Waals surface area contributed by atoms with E-state index in [4.69, 9.17) is 0 Å². The standard InChI is InChI=1S/C26H31N3O2S/c1-19(2)29(26(31)27-24-14-8-10-20(3)21(24)4)18-25(30)28(17-23-13-9-15-32-23)16-22-11-6-5-7-12-22/h5-15,19H,16-18H2,1-4H3,(H,27,31). The molecule has 2 aromatic carbocycles. The van der Waals surface area contributed by atoms with Crippen molar-refractivity contribution in [3.63, 3.8) is 0 Å². The van der Waals surface area contributed by atoms with Gasteiger partial charge in [0.1, 0.15) is 6.54 Å². The Labute approximate surface area is 194 Å². The van der Waals surface area contributed by atoms with Gasteiger partial charge in [0, 0.05) is 23.2 Å². The van der Waals surface area contributed by atoms with Crippen LogP contribution >= 0.6 is 11.3 Å². The number of benzene rings is 2. The van der Waals surface area contributed by atoms with Gasteiger partial charge >= 0.3 is 6.03 Å². The van der Waals surface area contributed by atoms with Crippen LogP contribution in [0.3, 0.4) is 0 Å². The second kappa shape index (κ2) is 11.0. The summed E-state index contributed by atoms with van der Waals surface area (Å²) in [6.07, 6.45) is 0. The quantitative estimate of drug-likeness (QED) is 0.470. The van der Waals surface area contributed by atoms with Gasteiger partial charge in [-0.25, -0.2) is 4.79 Å². The molecule has 1 aromatic heterocycles. The Morgan fingerprint density at radius 3 is 2.34 bits per heavy atom. The van der Waals surface area contributed by atoms with Crippen molar-refractivity contribution in [2.45, 2.75) is 46.8 Å². The number of hydrogen-bond acceptors (Lipinski definition) is 3. The van der Waals surface area contributed by atoms with E-state index < -0.39 is 0 Å². The summed E-state index contributed by atoms with van der Waals surface area (Å²) >= 11 is 1.63. The van der Waals surface area contributed by atoms with Gasteiger partial charge in [-0.2, -0.15) is 0 Å². The summed E-state index contributed by atoms with van der Waals surface area (Å²) in [5.74, 6) is -0.0768. The molecule has 0 fully saturated rings. The number of nitrogens with one attached hydrogen (secondary N) is 1. The zero-order valence-electron chi connectivity index (χ0n) is 19.2. The molecule has 32 heavy (non-hydrogen) atoms. The lowest BCUT2D eigenvalue weighted by molar-refractivity contribution is -0.133. The van der Waals surface area contributed by atoms with Crippen LogP contribution < -0.4 is 5.32 Å². The third kappa shape index (κ3) is 6.20. The summed E-state index contributed by atoms with van der Waals surface area (Å²) in [5, 5.41) is 5.00. The van der Waals surface area contributed by atoms with E-state index in [-0.39, 0.29) is 24.5 Å². The Morgan fingerprint density at radius 2 is 1.69 bits per heavy atom. The number of amides is 3. The van der Waals surface area contributed by atoms with Crippen LogP contribution in [0.15, 0.2) is 66.0 Å². The lowest BCUT2D eigenvalue weighted by Crippen LogP contribution is -2.47. The fourth-order valence-electron chi connectivity index (χ4n) is 3.43. The van der Waals surface area contributed by atoms with Crippen LogP contribution in [0.5, 0.6) is 0 Å². The Bertz CT molecular complexity index is 1030. The minimum absolute atomic E-state index is 0.0204. The molecular weight excluding hydrogens is 418 g/mol. The monoisotopic (exact) mass is 449 g/mol. The molecule has 0 bridgehead atoms. The zero-order valence-corrected chi connectivity index (χ0v) is 20.0. The number of anilines is 1. The topological polar surface area (TPSA) is 52.7 Å². The van der Waals surface area contributed by atoms with Gasteiger partial charge in [-0.05, 0) is 61.9 Å². The summed E-state index contributed by atoms with van der Waals surface area (Å²) in [6, 6.07) is 19.4. The summed E-state index contributed by atoms with van der Waals surface area (Å²) < 4.78 is 0. The van der Waals surface area contributed by atoms with Crippen molar-refractivity contribution in [1.29, 1.82) is 0 Å². The number of carbonyl (C=O) groups excluding carboxylic acids is 2. The van der Waals surface area contributed by atoms with Crippen LogP contribution in [-0.2, 0) is 17.9 Å². The molecular formula is C26H31N3O2S. The predicted molar refractivity (Wildman–Crippen MR) is 132 cm³/mol. The van der Waals surface area contributed by atoms with Crippen LogP contribution in [0, 0.1) is 13.8 Å². The molecule has 1 heterocycles. The predicted octanol–water partition coefficient (Wildman–Crippen LogP) is 5.84. The summed E-state index contributed by atoms with van der Waals surface area (Å²) in [4.78, 5) is 31.0. The SMILES string of the molecule is Cc1cccc(NC(=O)N(CC(=O)N(Cc2ccccc2)Cc2cccs2)C(C)C)c1C. The van der Waals surface area contributed by atoms with Gasteiger partial charge in [0.25, 0.3) is 0 Å². The van der Waals surface area contributed by atoms with Crippen LogP contribution in [0.4, 0.5) is 10.5 Å². The van der Waals surface area contributed by atoms with Crippen molar-refractivity contribution >= 4 is 29.0 Å². The van der Waals surface area contributed by atoms with Crippen molar-refractivity contribution in [1.82, 2.24) is 9.80 Å². The average Bonchev–Trinajstić information content (AvgIpc) is 3.28. The molecule has 6 heteroatoms. The van der Waals surface area contributed by atoms with Crippen molar-refractivity contribution in [3.05, 3.63) is 87.6 Å². The number of rotatable bonds is 8. The minimum Gasteiger partial charge on any atom is -0.332 e. The van der Waals surface area contributed by atoms with Gasteiger partial charge in [-0.15, -0.1) is 11.3 Å². The Balaban J connectivity index is 1.76. The maximum absolute atomic E-state index is 13.4. The average molecular weight is 450 g/mol. The molecule has 1 N–H and O–H groups in total. The molecule has 3 rings (SSSR count). The maximum Gasteiger partial charge on any atom is 0.322 e. The number of aryl methyl sites for hydroxylation is 1. The summed E-state index contributed by atoms with van der Waals surface area (Å²) in [6.45, 7) is 8.90. The molecule has 0 unspecified atom stereocenters. The Morgan fingerprint density at radius 1 is 0.938 bits per heavy atom. The van der Waals surface area contributed by atoms with Gasteiger partial charge in [0.05, 0.1) is 6.54 Å². The fraction of sp³-hybridized carbons (Fsp3) is 0.308. The number of carbonyl (C=O) groups is 2. The molecule has 5 nitrogen and oxygen atoms in total. The van der Waals surface area contributed by atoms with Gasteiger partial charge < -0.3 is 15.1 Å². The molecule has 0 spiro atoms. The summed E-state index contributed by atoms with van der Waals surface area (Å²) in [7, 11) is 0. The van der Waals surface area contributed by atoms with Crippen LogP contribution in [0.1, 0.15) is 35.4 Å². The lowest BCUT2D eigenvalue weighted by Gasteiger charge is -2.30. The zero-order chi connectivity index (χ0) is 23.1. The third-order valence-electron chi connectivity index (χ3n) is 5.53. The first-order valence-corrected chi connectivity index (χ1v) is 11.7. The van der Waals surface area contributed by atoms with Gasteiger partial charge in [0.2, 0.25) is 5.91 Å². The number of hydrogen-bond donors (Lipinski definition) is 1. The first-order valence-electron chi connectivity index (χ1n) is 10.8. The highest BCUT2D eigenvalue weighted by atomic mass is 32.1. The van der Waals surface area contributed by atoms with E-state index in [0.717, 1.165) is 27.3 Å². The first-order chi connectivity index (χ1) is 15.3. The lowest BCUT2D eigenvalue weighted by atomic mass is 10.1. The maximum atomic E-state index is 13.4. The van der Waals surface area contributed by atoms with E-state index >= 15 is 0 Å².